The number of methoxy groups -OCH3 is 1. The molecule has 5 N–H and O–H groups in total. The minimum absolute atomic E-state index is 0.0339. The second kappa shape index (κ2) is 8.96. The summed E-state index contributed by atoms with van der Waals surface area (Å²) < 4.78 is 7.16. The number of amides is 2. The summed E-state index contributed by atoms with van der Waals surface area (Å²) in [6, 6.07) is 6.85. The number of carbonyl (C=O) groups excluding carboxylic acids is 2. The van der Waals surface area contributed by atoms with Crippen molar-refractivity contribution in [3.05, 3.63) is 36.3 Å². The smallest absolute Gasteiger partial charge is 0.273 e. The van der Waals surface area contributed by atoms with Crippen molar-refractivity contribution in [2.24, 2.45) is 12.8 Å². The summed E-state index contributed by atoms with van der Waals surface area (Å²) >= 11 is 0. The number of hydrogen-bond acceptors (Lipinski definition) is 9. The topological polar surface area (TPSA) is 162 Å². The molecule has 0 atom stereocenters. The van der Waals surface area contributed by atoms with Gasteiger partial charge in [-0.25, -0.2) is 4.98 Å². The molecule has 12 heteroatoms. The van der Waals surface area contributed by atoms with E-state index >= 15 is 0 Å². The van der Waals surface area contributed by atoms with Crippen LogP contribution in [0.2, 0.25) is 0 Å². The first-order chi connectivity index (χ1) is 14.5. The lowest BCUT2D eigenvalue weighted by molar-refractivity contribution is -0.114. The molecule has 0 saturated carbocycles. The van der Waals surface area contributed by atoms with Crippen LogP contribution in [0.3, 0.4) is 0 Å². The molecular weight excluding hydrogens is 390 g/mol. The Hall–Kier alpha value is -4.06. The van der Waals surface area contributed by atoms with E-state index in [0.29, 0.717) is 28.5 Å². The van der Waals surface area contributed by atoms with Crippen molar-refractivity contribution < 1.29 is 14.3 Å². The highest BCUT2D eigenvalue weighted by atomic mass is 16.5. The van der Waals surface area contributed by atoms with Gasteiger partial charge in [0.15, 0.2) is 23.1 Å². The summed E-state index contributed by atoms with van der Waals surface area (Å²) in [4.78, 5) is 28.1. The highest BCUT2D eigenvalue weighted by Gasteiger charge is 2.19. The Bertz CT molecular complexity index is 1080. The van der Waals surface area contributed by atoms with Gasteiger partial charge in [0.2, 0.25) is 5.91 Å². The van der Waals surface area contributed by atoms with Crippen molar-refractivity contribution in [3.63, 3.8) is 0 Å². The molecule has 0 spiro atoms. The van der Waals surface area contributed by atoms with Gasteiger partial charge in [-0.2, -0.15) is 5.10 Å². The zero-order chi connectivity index (χ0) is 21.7. The Morgan fingerprint density at radius 3 is 2.67 bits per heavy atom. The number of para-hydroxylation sites is 1. The molecule has 0 aliphatic carbocycles. The van der Waals surface area contributed by atoms with Crippen molar-refractivity contribution >= 4 is 29.0 Å². The highest BCUT2D eigenvalue weighted by molar-refractivity contribution is 5.99. The summed E-state index contributed by atoms with van der Waals surface area (Å²) in [5.41, 5.74) is 6.86. The number of carbonyl (C=O) groups is 2. The van der Waals surface area contributed by atoms with E-state index in [9.17, 15) is 9.59 Å². The number of hydrogen-bond donors (Lipinski definition) is 4. The van der Waals surface area contributed by atoms with Crippen LogP contribution in [0.15, 0.2) is 30.6 Å². The summed E-state index contributed by atoms with van der Waals surface area (Å²) in [7, 11) is 4.76. The van der Waals surface area contributed by atoms with Crippen LogP contribution in [0, 0.1) is 0 Å². The summed E-state index contributed by atoms with van der Waals surface area (Å²) in [6.45, 7) is -0.214. The Kier molecular flexibility index (Phi) is 6.17. The number of aryl methyl sites for hydroxylation is 1. The zero-order valence-electron chi connectivity index (χ0n) is 16.6. The van der Waals surface area contributed by atoms with E-state index in [1.165, 1.54) is 20.2 Å². The van der Waals surface area contributed by atoms with Gasteiger partial charge in [0.1, 0.15) is 6.33 Å². The number of anilines is 3. The molecule has 3 rings (SSSR count). The molecule has 0 aliphatic heterocycles. The summed E-state index contributed by atoms with van der Waals surface area (Å²) in [5.74, 6) is 0.193. The predicted octanol–water partition coefficient (Wildman–Crippen LogP) is 0.281. The van der Waals surface area contributed by atoms with Crippen LogP contribution in [0.1, 0.15) is 10.5 Å². The van der Waals surface area contributed by atoms with E-state index in [0.717, 1.165) is 0 Å². The second-order valence-electron chi connectivity index (χ2n) is 6.08. The van der Waals surface area contributed by atoms with Crippen molar-refractivity contribution in [2.75, 3.05) is 31.3 Å². The van der Waals surface area contributed by atoms with Gasteiger partial charge in [-0.3, -0.25) is 14.3 Å². The van der Waals surface area contributed by atoms with E-state index in [-0.39, 0.29) is 18.1 Å². The van der Waals surface area contributed by atoms with E-state index < -0.39 is 11.8 Å². The van der Waals surface area contributed by atoms with Crippen LogP contribution in [0.5, 0.6) is 5.75 Å². The molecule has 0 radical (unpaired) electrons. The molecular formula is C18H21N9O3. The third-order valence-corrected chi connectivity index (χ3v) is 4.02. The van der Waals surface area contributed by atoms with Crippen LogP contribution < -0.4 is 26.4 Å². The quantitative estimate of drug-likeness (QED) is 0.428. The molecule has 2 aromatic heterocycles. The number of nitrogens with one attached hydrogen (secondary N) is 3. The summed E-state index contributed by atoms with van der Waals surface area (Å²) in [6.07, 6.45) is 1.58. The van der Waals surface area contributed by atoms with Gasteiger partial charge in [0.25, 0.3) is 5.91 Å². The van der Waals surface area contributed by atoms with Gasteiger partial charge in [-0.05, 0) is 12.1 Å². The molecule has 0 aliphatic rings. The lowest BCUT2D eigenvalue weighted by Crippen LogP contribution is -2.24. The van der Waals surface area contributed by atoms with Crippen LogP contribution in [0.25, 0.3) is 11.4 Å². The van der Waals surface area contributed by atoms with Gasteiger partial charge >= 0.3 is 0 Å². The van der Waals surface area contributed by atoms with E-state index in [1.807, 2.05) is 6.07 Å². The molecule has 12 nitrogen and oxygen atoms in total. The Balaban J connectivity index is 2.05. The van der Waals surface area contributed by atoms with Crippen LogP contribution in [-0.4, -0.2) is 57.5 Å². The molecule has 0 saturated heterocycles. The fourth-order valence-electron chi connectivity index (χ4n) is 2.67. The maximum atomic E-state index is 12.2. The lowest BCUT2D eigenvalue weighted by atomic mass is 10.1. The standard InChI is InChI=1S/C18H21N9O3/c1-20-18(29)15-12(7-13(24-25-15)23-14(28)8-19)22-11-6-4-5-10(16(11)30-3)17-21-9-27(2)26-17/h4-7,9H,8,19H2,1-3H3,(H,20,29)(H2,22,23,24,28). The van der Waals surface area contributed by atoms with Gasteiger partial charge in [-0.1, -0.05) is 6.07 Å². The first-order valence-corrected chi connectivity index (χ1v) is 8.86. The fourth-order valence-corrected chi connectivity index (χ4v) is 2.67. The van der Waals surface area contributed by atoms with E-state index in [2.05, 4.69) is 36.2 Å². The molecule has 1 aromatic carbocycles. The largest absolute Gasteiger partial charge is 0.494 e. The van der Waals surface area contributed by atoms with Crippen LogP contribution in [0.4, 0.5) is 17.2 Å². The normalized spacial score (nSPS) is 10.4. The molecule has 30 heavy (non-hydrogen) atoms. The summed E-state index contributed by atoms with van der Waals surface area (Å²) in [5, 5.41) is 20.2. The van der Waals surface area contributed by atoms with Crippen molar-refractivity contribution in [3.8, 4) is 17.1 Å². The third kappa shape index (κ3) is 4.33. The minimum atomic E-state index is -0.455. The number of benzene rings is 1. The first-order valence-electron chi connectivity index (χ1n) is 8.86. The van der Waals surface area contributed by atoms with Gasteiger partial charge in [0.05, 0.1) is 30.6 Å². The predicted molar refractivity (Wildman–Crippen MR) is 109 cm³/mol. The lowest BCUT2D eigenvalue weighted by Gasteiger charge is -2.16. The van der Waals surface area contributed by atoms with Crippen molar-refractivity contribution in [1.29, 1.82) is 0 Å². The Morgan fingerprint density at radius 2 is 2.03 bits per heavy atom. The fraction of sp³-hybridized carbons (Fsp3) is 0.222. The van der Waals surface area contributed by atoms with Crippen molar-refractivity contribution in [2.45, 2.75) is 0 Å². The maximum absolute atomic E-state index is 12.2. The molecule has 0 unspecified atom stereocenters. The van der Waals surface area contributed by atoms with E-state index in [1.54, 1.807) is 30.2 Å². The Labute approximate surface area is 171 Å². The molecule has 0 fully saturated rings. The number of rotatable bonds is 7. The SMILES string of the molecule is CNC(=O)c1nnc(NC(=O)CN)cc1Nc1cccc(-c2ncn(C)n2)c1OC. The van der Waals surface area contributed by atoms with Crippen LogP contribution >= 0.6 is 0 Å². The molecule has 2 amide bonds. The van der Waals surface area contributed by atoms with Gasteiger partial charge in [0, 0.05) is 20.2 Å². The minimum Gasteiger partial charge on any atom is -0.494 e. The molecule has 156 valence electrons. The number of nitrogens with two attached hydrogens (primary N) is 1. The van der Waals surface area contributed by atoms with Gasteiger partial charge in [-0.15, -0.1) is 10.2 Å². The number of nitrogens with zero attached hydrogens (tertiary/aromatic N) is 5. The third-order valence-electron chi connectivity index (χ3n) is 4.02. The van der Waals surface area contributed by atoms with Crippen molar-refractivity contribution in [1.82, 2.24) is 30.3 Å². The zero-order valence-corrected chi connectivity index (χ0v) is 16.6. The average Bonchev–Trinajstić information content (AvgIpc) is 3.19. The highest BCUT2D eigenvalue weighted by Crippen LogP contribution is 2.37. The molecule has 0 bridgehead atoms. The molecule has 3 aromatic rings. The van der Waals surface area contributed by atoms with Crippen LogP contribution in [-0.2, 0) is 11.8 Å². The average molecular weight is 411 g/mol. The Morgan fingerprint density at radius 1 is 1.23 bits per heavy atom. The number of aromatic nitrogens is 5. The maximum Gasteiger partial charge on any atom is 0.273 e. The van der Waals surface area contributed by atoms with E-state index in [4.69, 9.17) is 10.5 Å². The monoisotopic (exact) mass is 411 g/mol. The second-order valence-corrected chi connectivity index (χ2v) is 6.08. The van der Waals surface area contributed by atoms with Gasteiger partial charge < -0.3 is 26.4 Å². The molecule has 2 heterocycles. The number of ether oxygens (including phenoxy) is 1. The first kappa shape index (κ1) is 20.7.